The highest BCUT2D eigenvalue weighted by Crippen LogP contribution is 2.36. The second kappa shape index (κ2) is 9.22. The van der Waals surface area contributed by atoms with Gasteiger partial charge in [0, 0.05) is 11.4 Å². The summed E-state index contributed by atoms with van der Waals surface area (Å²) in [6.45, 7) is 8.87. The largest absolute Gasteiger partial charge is 0.490 e. The molecule has 1 aromatic heterocycles. The first-order chi connectivity index (χ1) is 12.0. The van der Waals surface area contributed by atoms with Crippen LogP contribution in [0.2, 0.25) is 5.02 Å². The molecule has 25 heavy (non-hydrogen) atoms. The monoisotopic (exact) mass is 362 g/mol. The first-order valence-electron chi connectivity index (χ1n) is 8.24. The Balaban J connectivity index is 2.17. The van der Waals surface area contributed by atoms with Crippen molar-refractivity contribution >= 4 is 23.8 Å². The molecule has 0 unspecified atom stereocenters. The zero-order chi connectivity index (χ0) is 18.2. The Morgan fingerprint density at radius 3 is 2.48 bits per heavy atom. The van der Waals surface area contributed by atoms with Crippen molar-refractivity contribution in [1.82, 2.24) is 9.97 Å². The van der Waals surface area contributed by atoms with Crippen molar-refractivity contribution in [1.29, 1.82) is 0 Å². The minimum absolute atomic E-state index is 0.452. The predicted octanol–water partition coefficient (Wildman–Crippen LogP) is 4.38. The SMILES string of the molecule is CCCOc1c(Cl)cc(/C=N\Nc2nc(C)cc(C)n2)cc1OCC. The molecule has 0 aliphatic heterocycles. The number of halogens is 1. The molecule has 7 heteroatoms. The van der Waals surface area contributed by atoms with E-state index in [4.69, 9.17) is 21.1 Å². The molecule has 2 aromatic rings. The summed E-state index contributed by atoms with van der Waals surface area (Å²) in [6.07, 6.45) is 2.53. The van der Waals surface area contributed by atoms with E-state index in [2.05, 4.69) is 20.5 Å². The minimum Gasteiger partial charge on any atom is -0.490 e. The van der Waals surface area contributed by atoms with Gasteiger partial charge < -0.3 is 9.47 Å². The van der Waals surface area contributed by atoms with Crippen LogP contribution in [-0.2, 0) is 0 Å². The van der Waals surface area contributed by atoms with Gasteiger partial charge in [0.15, 0.2) is 11.5 Å². The predicted molar refractivity (Wildman–Crippen MR) is 101 cm³/mol. The summed E-state index contributed by atoms with van der Waals surface area (Å²) in [5, 5.41) is 4.66. The summed E-state index contributed by atoms with van der Waals surface area (Å²) < 4.78 is 11.3. The Morgan fingerprint density at radius 1 is 1.12 bits per heavy atom. The molecular weight excluding hydrogens is 340 g/mol. The summed E-state index contributed by atoms with van der Waals surface area (Å²) in [6, 6.07) is 5.52. The third-order valence-electron chi connectivity index (χ3n) is 3.14. The summed E-state index contributed by atoms with van der Waals surface area (Å²) in [7, 11) is 0. The zero-order valence-electron chi connectivity index (χ0n) is 15.0. The van der Waals surface area contributed by atoms with Crippen LogP contribution in [-0.4, -0.2) is 29.4 Å². The molecule has 134 valence electrons. The lowest BCUT2D eigenvalue weighted by Gasteiger charge is -2.13. The topological polar surface area (TPSA) is 68.6 Å². The van der Waals surface area contributed by atoms with Crippen molar-refractivity contribution in [2.75, 3.05) is 18.6 Å². The van der Waals surface area contributed by atoms with Crippen LogP contribution < -0.4 is 14.9 Å². The molecule has 1 N–H and O–H groups in total. The Morgan fingerprint density at radius 2 is 1.84 bits per heavy atom. The average molecular weight is 363 g/mol. The van der Waals surface area contributed by atoms with Gasteiger partial charge in [-0.3, -0.25) is 0 Å². The van der Waals surface area contributed by atoms with Gasteiger partial charge in [0.2, 0.25) is 5.95 Å². The van der Waals surface area contributed by atoms with E-state index < -0.39 is 0 Å². The lowest BCUT2D eigenvalue weighted by molar-refractivity contribution is 0.277. The number of hydrazone groups is 1. The second-order valence-corrected chi connectivity index (χ2v) is 5.86. The summed E-state index contributed by atoms with van der Waals surface area (Å²) in [4.78, 5) is 8.54. The van der Waals surface area contributed by atoms with E-state index in [-0.39, 0.29) is 0 Å². The molecule has 0 fully saturated rings. The first-order valence-corrected chi connectivity index (χ1v) is 8.61. The normalized spacial score (nSPS) is 10.9. The maximum absolute atomic E-state index is 6.33. The van der Waals surface area contributed by atoms with Crippen LogP contribution in [0.15, 0.2) is 23.3 Å². The lowest BCUT2D eigenvalue weighted by Crippen LogP contribution is -2.02. The number of hydrogen-bond donors (Lipinski definition) is 1. The molecule has 0 atom stereocenters. The van der Waals surface area contributed by atoms with E-state index in [9.17, 15) is 0 Å². The summed E-state index contributed by atoms with van der Waals surface area (Å²) >= 11 is 6.33. The van der Waals surface area contributed by atoms with Crippen LogP contribution in [0, 0.1) is 13.8 Å². The van der Waals surface area contributed by atoms with Crippen LogP contribution in [0.4, 0.5) is 5.95 Å². The number of anilines is 1. The quantitative estimate of drug-likeness (QED) is 0.557. The number of ether oxygens (including phenoxy) is 2. The Labute approximate surface area is 153 Å². The van der Waals surface area contributed by atoms with Crippen LogP contribution in [0.1, 0.15) is 37.2 Å². The van der Waals surface area contributed by atoms with Gasteiger partial charge in [0.1, 0.15) is 0 Å². The average Bonchev–Trinajstić information content (AvgIpc) is 2.53. The Hall–Kier alpha value is -2.34. The molecule has 0 amide bonds. The van der Waals surface area contributed by atoms with Gasteiger partial charge in [-0.2, -0.15) is 5.10 Å². The highest BCUT2D eigenvalue weighted by atomic mass is 35.5. The molecule has 0 bridgehead atoms. The fraction of sp³-hybridized carbons (Fsp3) is 0.389. The van der Waals surface area contributed by atoms with E-state index in [1.165, 1.54) is 0 Å². The van der Waals surface area contributed by atoms with Gasteiger partial charge >= 0.3 is 0 Å². The molecule has 0 saturated heterocycles. The Kier molecular flexibility index (Phi) is 7.01. The minimum atomic E-state index is 0.452. The number of nitrogens with zero attached hydrogens (tertiary/aromatic N) is 3. The number of hydrogen-bond acceptors (Lipinski definition) is 6. The van der Waals surface area contributed by atoms with Gasteiger partial charge in [0.25, 0.3) is 0 Å². The number of rotatable bonds is 8. The van der Waals surface area contributed by atoms with Gasteiger partial charge in [0.05, 0.1) is 24.5 Å². The van der Waals surface area contributed by atoms with Crippen molar-refractivity contribution in [2.24, 2.45) is 5.10 Å². The lowest BCUT2D eigenvalue weighted by atomic mass is 10.2. The molecule has 0 radical (unpaired) electrons. The third kappa shape index (κ3) is 5.60. The molecule has 0 aliphatic carbocycles. The van der Waals surface area contributed by atoms with Gasteiger partial charge in [-0.15, -0.1) is 0 Å². The summed E-state index contributed by atoms with van der Waals surface area (Å²) in [5.74, 6) is 1.62. The molecule has 2 rings (SSSR count). The van der Waals surface area contributed by atoms with E-state index in [0.717, 1.165) is 23.4 Å². The number of benzene rings is 1. The molecule has 0 spiro atoms. The van der Waals surface area contributed by atoms with Crippen LogP contribution in [0.3, 0.4) is 0 Å². The van der Waals surface area contributed by atoms with E-state index in [1.54, 1.807) is 12.3 Å². The van der Waals surface area contributed by atoms with Crippen LogP contribution in [0.25, 0.3) is 0 Å². The van der Waals surface area contributed by atoms with E-state index in [0.29, 0.717) is 35.7 Å². The van der Waals surface area contributed by atoms with Crippen LogP contribution >= 0.6 is 11.6 Å². The highest BCUT2D eigenvalue weighted by Gasteiger charge is 2.12. The number of nitrogens with one attached hydrogen (secondary N) is 1. The van der Waals surface area contributed by atoms with Gasteiger partial charge in [-0.25, -0.2) is 15.4 Å². The van der Waals surface area contributed by atoms with Crippen molar-refractivity contribution < 1.29 is 9.47 Å². The molecule has 6 nitrogen and oxygen atoms in total. The Bertz CT molecular complexity index is 730. The maximum Gasteiger partial charge on any atom is 0.243 e. The maximum atomic E-state index is 6.33. The van der Waals surface area contributed by atoms with Gasteiger partial charge in [-0.1, -0.05) is 18.5 Å². The highest BCUT2D eigenvalue weighted by molar-refractivity contribution is 6.32. The van der Waals surface area contributed by atoms with Gasteiger partial charge in [-0.05, 0) is 51.0 Å². The van der Waals surface area contributed by atoms with E-state index in [1.807, 2.05) is 39.8 Å². The first kappa shape index (κ1) is 19.0. The molecule has 1 aromatic carbocycles. The number of aryl methyl sites for hydroxylation is 2. The fourth-order valence-corrected chi connectivity index (χ4v) is 2.48. The molecule has 1 heterocycles. The number of aromatic nitrogens is 2. The smallest absolute Gasteiger partial charge is 0.243 e. The van der Waals surface area contributed by atoms with Crippen LogP contribution in [0.5, 0.6) is 11.5 Å². The summed E-state index contributed by atoms with van der Waals surface area (Å²) in [5.41, 5.74) is 5.37. The van der Waals surface area contributed by atoms with E-state index >= 15 is 0 Å². The third-order valence-corrected chi connectivity index (χ3v) is 3.42. The second-order valence-electron chi connectivity index (χ2n) is 5.46. The fourth-order valence-electron chi connectivity index (χ4n) is 2.21. The van der Waals surface area contributed by atoms with Crippen molar-refractivity contribution in [2.45, 2.75) is 34.1 Å². The van der Waals surface area contributed by atoms with Crippen molar-refractivity contribution in [3.63, 3.8) is 0 Å². The molecular formula is C18H23ClN4O2. The zero-order valence-corrected chi connectivity index (χ0v) is 15.7. The molecule has 0 aliphatic rings. The molecule has 0 saturated carbocycles. The van der Waals surface area contributed by atoms with Crippen molar-refractivity contribution in [3.8, 4) is 11.5 Å². The standard InChI is InChI=1S/C18H23ClN4O2/c1-5-7-25-17-15(19)9-14(10-16(17)24-6-2)11-20-23-18-21-12(3)8-13(4)22-18/h8-11H,5-7H2,1-4H3,(H,21,22,23)/b20-11-. The van der Waals surface area contributed by atoms with Crippen molar-refractivity contribution in [3.05, 3.63) is 40.2 Å².